The van der Waals surface area contributed by atoms with Crippen molar-refractivity contribution in [1.29, 1.82) is 0 Å². The van der Waals surface area contributed by atoms with Gasteiger partial charge in [-0.3, -0.25) is 0 Å². The monoisotopic (exact) mass is 508 g/mol. The van der Waals surface area contributed by atoms with Gasteiger partial charge in [0.05, 0.1) is 11.0 Å². The van der Waals surface area contributed by atoms with Gasteiger partial charge in [-0.15, -0.1) is 0 Å². The lowest BCUT2D eigenvalue weighted by atomic mass is 9.87. The molecule has 0 fully saturated rings. The van der Waals surface area contributed by atoms with Crippen LogP contribution in [0, 0.1) is 0 Å². The Hall–Kier alpha value is -5.34. The fraction of sp³-hybridized carbons (Fsp3) is 0. The zero-order valence-corrected chi connectivity index (χ0v) is 21.7. The fourth-order valence-electron chi connectivity index (χ4n) is 6.85. The van der Waals surface area contributed by atoms with Gasteiger partial charge in [0.15, 0.2) is 0 Å². The first-order valence-electron chi connectivity index (χ1n) is 13.8. The van der Waals surface area contributed by atoms with Crippen molar-refractivity contribution < 1.29 is 0 Å². The van der Waals surface area contributed by atoms with Crippen molar-refractivity contribution in [2.75, 3.05) is 0 Å². The first-order chi connectivity index (χ1) is 19.9. The van der Waals surface area contributed by atoms with Crippen LogP contribution < -0.4 is 0 Å². The van der Waals surface area contributed by atoms with Crippen LogP contribution in [0.2, 0.25) is 0 Å². The maximum Gasteiger partial charge on any atom is 0.0553 e. The number of H-pyrrole nitrogens is 1. The van der Waals surface area contributed by atoms with Crippen LogP contribution in [0.25, 0.3) is 82.0 Å². The van der Waals surface area contributed by atoms with Crippen LogP contribution in [-0.2, 0) is 0 Å². The second-order valence-electron chi connectivity index (χ2n) is 10.6. The standard InChI is InChI=1S/C38H24N2/c1-2-14-26(15-3-1)40-33-21-11-9-19-30(33)36-34(40)23-25-13-5-7-17-28(25)38(36)37-27-16-6-4-12-24(27)22-32-35(37)29-18-8-10-20-31(29)39-32/h1-23,39H. The molecule has 9 rings (SSSR count). The van der Waals surface area contributed by atoms with Gasteiger partial charge in [0.2, 0.25) is 0 Å². The molecule has 2 heteroatoms. The highest BCUT2D eigenvalue weighted by Crippen LogP contribution is 2.48. The van der Waals surface area contributed by atoms with Gasteiger partial charge < -0.3 is 9.55 Å². The Bertz CT molecular complexity index is 2420. The highest BCUT2D eigenvalue weighted by Gasteiger charge is 2.23. The summed E-state index contributed by atoms with van der Waals surface area (Å²) in [4.78, 5) is 3.74. The molecule has 2 heterocycles. The number of nitrogens with zero attached hydrogens (tertiary/aromatic N) is 1. The number of benzene rings is 7. The van der Waals surface area contributed by atoms with Crippen LogP contribution in [0.3, 0.4) is 0 Å². The second-order valence-corrected chi connectivity index (χ2v) is 10.6. The lowest BCUT2D eigenvalue weighted by Crippen LogP contribution is -1.94. The van der Waals surface area contributed by atoms with E-state index in [2.05, 4.69) is 149 Å². The minimum atomic E-state index is 1.16. The van der Waals surface area contributed by atoms with Gasteiger partial charge in [0, 0.05) is 49.4 Å². The average molecular weight is 509 g/mol. The third kappa shape index (κ3) is 2.88. The summed E-state index contributed by atoms with van der Waals surface area (Å²) in [6.45, 7) is 0. The number of aromatic amines is 1. The van der Waals surface area contributed by atoms with Gasteiger partial charge in [0.25, 0.3) is 0 Å². The SMILES string of the molecule is c1ccc(-n2c3ccccc3c3c(-c4c5ccccc5cc5[nH]c6ccccc6c45)c4ccccc4cc32)cc1. The molecule has 7 aromatic carbocycles. The second kappa shape index (κ2) is 8.08. The highest BCUT2D eigenvalue weighted by molar-refractivity contribution is 6.31. The van der Waals surface area contributed by atoms with E-state index in [1.54, 1.807) is 0 Å². The van der Waals surface area contributed by atoms with Gasteiger partial charge in [-0.05, 0) is 57.9 Å². The van der Waals surface area contributed by atoms with E-state index in [4.69, 9.17) is 0 Å². The average Bonchev–Trinajstić information content (AvgIpc) is 3.54. The zero-order chi connectivity index (χ0) is 26.2. The molecular weight excluding hydrogens is 484 g/mol. The van der Waals surface area contributed by atoms with Gasteiger partial charge in [-0.2, -0.15) is 0 Å². The minimum Gasteiger partial charge on any atom is -0.354 e. The van der Waals surface area contributed by atoms with Crippen molar-refractivity contribution in [1.82, 2.24) is 9.55 Å². The summed E-state index contributed by atoms with van der Waals surface area (Å²) >= 11 is 0. The highest BCUT2D eigenvalue weighted by atomic mass is 15.0. The molecule has 1 N–H and O–H groups in total. The smallest absolute Gasteiger partial charge is 0.0553 e. The van der Waals surface area contributed by atoms with Gasteiger partial charge in [-0.25, -0.2) is 0 Å². The predicted molar refractivity (Wildman–Crippen MR) is 171 cm³/mol. The van der Waals surface area contributed by atoms with Gasteiger partial charge in [0.1, 0.15) is 0 Å². The molecule has 0 unspecified atom stereocenters. The molecule has 0 aliphatic heterocycles. The fourth-order valence-corrected chi connectivity index (χ4v) is 6.85. The first-order valence-corrected chi connectivity index (χ1v) is 13.8. The van der Waals surface area contributed by atoms with Crippen LogP contribution in [0.4, 0.5) is 0 Å². The van der Waals surface area contributed by atoms with E-state index in [-0.39, 0.29) is 0 Å². The Morgan fingerprint density at radius 3 is 1.75 bits per heavy atom. The van der Waals surface area contributed by atoms with E-state index in [9.17, 15) is 0 Å². The van der Waals surface area contributed by atoms with Crippen LogP contribution in [0.15, 0.2) is 140 Å². The molecule has 0 amide bonds. The Kier molecular flexibility index (Phi) is 4.36. The van der Waals surface area contributed by atoms with Crippen LogP contribution in [0.1, 0.15) is 0 Å². The van der Waals surface area contributed by atoms with Crippen LogP contribution >= 0.6 is 0 Å². The Balaban J connectivity index is 1.61. The molecule has 9 aromatic rings. The number of para-hydroxylation sites is 3. The quantitative estimate of drug-likeness (QED) is 0.240. The molecule has 0 aliphatic carbocycles. The van der Waals surface area contributed by atoms with Crippen molar-refractivity contribution in [3.05, 3.63) is 140 Å². The molecule has 0 spiro atoms. The normalized spacial score (nSPS) is 12.0. The molecule has 0 saturated carbocycles. The zero-order valence-electron chi connectivity index (χ0n) is 21.7. The number of hydrogen-bond acceptors (Lipinski definition) is 0. The van der Waals surface area contributed by atoms with Crippen LogP contribution in [0.5, 0.6) is 0 Å². The van der Waals surface area contributed by atoms with E-state index < -0.39 is 0 Å². The molecular formula is C38H24N2. The van der Waals surface area contributed by atoms with Crippen LogP contribution in [-0.4, -0.2) is 9.55 Å². The molecule has 2 nitrogen and oxygen atoms in total. The topological polar surface area (TPSA) is 20.7 Å². The van der Waals surface area contributed by atoms with Crippen molar-refractivity contribution in [2.24, 2.45) is 0 Å². The molecule has 0 radical (unpaired) electrons. The summed E-state index contributed by atoms with van der Waals surface area (Å²) < 4.78 is 2.43. The number of aromatic nitrogens is 2. The molecule has 0 bridgehead atoms. The van der Waals surface area contributed by atoms with Crippen molar-refractivity contribution in [3.63, 3.8) is 0 Å². The Morgan fingerprint density at radius 1 is 0.400 bits per heavy atom. The number of nitrogens with one attached hydrogen (secondary N) is 1. The van der Waals surface area contributed by atoms with Gasteiger partial charge >= 0.3 is 0 Å². The molecule has 0 aliphatic rings. The summed E-state index contributed by atoms with van der Waals surface area (Å²) in [5.74, 6) is 0. The molecule has 0 saturated heterocycles. The van der Waals surface area contributed by atoms with Crippen molar-refractivity contribution >= 4 is 65.2 Å². The molecule has 2 aromatic heterocycles. The van der Waals surface area contributed by atoms with Gasteiger partial charge in [-0.1, -0.05) is 103 Å². The molecule has 40 heavy (non-hydrogen) atoms. The number of rotatable bonds is 2. The number of fused-ring (bicyclic) bond motifs is 8. The molecule has 0 atom stereocenters. The summed E-state index contributed by atoms with van der Waals surface area (Å²) in [6, 6.07) is 50.7. The minimum absolute atomic E-state index is 1.16. The van der Waals surface area contributed by atoms with Crippen molar-refractivity contribution in [2.45, 2.75) is 0 Å². The summed E-state index contributed by atoms with van der Waals surface area (Å²) in [7, 11) is 0. The van der Waals surface area contributed by atoms with E-state index >= 15 is 0 Å². The lowest BCUT2D eigenvalue weighted by Gasteiger charge is -2.16. The summed E-state index contributed by atoms with van der Waals surface area (Å²) in [5.41, 5.74) is 8.54. The van der Waals surface area contributed by atoms with E-state index in [0.29, 0.717) is 0 Å². The third-order valence-corrected chi connectivity index (χ3v) is 8.46. The Morgan fingerprint density at radius 2 is 0.975 bits per heavy atom. The third-order valence-electron chi connectivity index (χ3n) is 8.46. The summed E-state index contributed by atoms with van der Waals surface area (Å²) in [5, 5.41) is 10.1. The Labute approximate surface area is 230 Å². The molecule has 186 valence electrons. The van der Waals surface area contributed by atoms with E-state index in [1.807, 2.05) is 0 Å². The number of hydrogen-bond donors (Lipinski definition) is 1. The first kappa shape index (κ1) is 21.6. The maximum absolute atomic E-state index is 3.74. The largest absolute Gasteiger partial charge is 0.354 e. The van der Waals surface area contributed by atoms with E-state index in [1.165, 1.54) is 76.5 Å². The maximum atomic E-state index is 3.74. The summed E-state index contributed by atoms with van der Waals surface area (Å²) in [6.07, 6.45) is 0. The van der Waals surface area contributed by atoms with E-state index in [0.717, 1.165) is 5.52 Å². The predicted octanol–water partition coefficient (Wildman–Crippen LogP) is 10.4. The lowest BCUT2D eigenvalue weighted by molar-refractivity contribution is 1.18. The van der Waals surface area contributed by atoms with Crippen molar-refractivity contribution in [3.8, 4) is 16.8 Å².